The molecule has 0 saturated carbocycles. The van der Waals surface area contributed by atoms with Gasteiger partial charge in [-0.25, -0.2) is 0 Å². The third-order valence-electron chi connectivity index (χ3n) is 3.90. The summed E-state index contributed by atoms with van der Waals surface area (Å²) in [4.78, 5) is 11.4. The van der Waals surface area contributed by atoms with Crippen LogP contribution in [0.3, 0.4) is 0 Å². The molecule has 3 nitrogen and oxygen atoms in total. The molecule has 2 atom stereocenters. The Balaban J connectivity index is 2.63. The Bertz CT molecular complexity index is 374. The SMILES string of the molecule is CCC(CC)C(C)NCC(C(=O)O)c1ccccc1. The van der Waals surface area contributed by atoms with Gasteiger partial charge in [0.2, 0.25) is 0 Å². The summed E-state index contributed by atoms with van der Waals surface area (Å²) in [6, 6.07) is 9.78. The fourth-order valence-electron chi connectivity index (χ4n) is 2.50. The highest BCUT2D eigenvalue weighted by Crippen LogP contribution is 2.17. The lowest BCUT2D eigenvalue weighted by Gasteiger charge is -2.24. The first-order valence-corrected chi connectivity index (χ1v) is 7.11. The van der Waals surface area contributed by atoms with E-state index in [9.17, 15) is 9.90 Å². The largest absolute Gasteiger partial charge is 0.481 e. The van der Waals surface area contributed by atoms with Crippen LogP contribution in [-0.4, -0.2) is 23.7 Å². The van der Waals surface area contributed by atoms with E-state index in [2.05, 4.69) is 26.1 Å². The summed E-state index contributed by atoms with van der Waals surface area (Å²) < 4.78 is 0. The van der Waals surface area contributed by atoms with Crippen molar-refractivity contribution in [2.45, 2.75) is 45.6 Å². The second-order valence-electron chi connectivity index (χ2n) is 5.08. The van der Waals surface area contributed by atoms with E-state index in [0.29, 0.717) is 18.5 Å². The molecule has 0 fully saturated rings. The van der Waals surface area contributed by atoms with Gasteiger partial charge in [-0.3, -0.25) is 4.79 Å². The van der Waals surface area contributed by atoms with Crippen LogP contribution in [0.5, 0.6) is 0 Å². The van der Waals surface area contributed by atoms with E-state index < -0.39 is 11.9 Å². The highest BCUT2D eigenvalue weighted by molar-refractivity contribution is 5.76. The molecular formula is C16H25NO2. The van der Waals surface area contributed by atoms with Crippen LogP contribution in [-0.2, 0) is 4.79 Å². The normalized spacial score (nSPS) is 14.3. The lowest BCUT2D eigenvalue weighted by atomic mass is 9.94. The molecule has 0 amide bonds. The van der Waals surface area contributed by atoms with Gasteiger partial charge in [0, 0.05) is 12.6 Å². The van der Waals surface area contributed by atoms with Gasteiger partial charge in [-0.1, -0.05) is 57.0 Å². The quantitative estimate of drug-likeness (QED) is 0.757. The first-order chi connectivity index (χ1) is 9.10. The van der Waals surface area contributed by atoms with Gasteiger partial charge in [-0.2, -0.15) is 0 Å². The van der Waals surface area contributed by atoms with Crippen molar-refractivity contribution in [3.63, 3.8) is 0 Å². The Morgan fingerprint density at radius 2 is 1.79 bits per heavy atom. The number of carboxylic acid groups (broad SMARTS) is 1. The number of hydrogen-bond donors (Lipinski definition) is 2. The molecule has 19 heavy (non-hydrogen) atoms. The molecule has 0 saturated heterocycles. The highest BCUT2D eigenvalue weighted by atomic mass is 16.4. The van der Waals surface area contributed by atoms with Gasteiger partial charge in [0.1, 0.15) is 0 Å². The Morgan fingerprint density at radius 1 is 1.21 bits per heavy atom. The third-order valence-corrected chi connectivity index (χ3v) is 3.90. The van der Waals surface area contributed by atoms with Crippen molar-refractivity contribution in [1.29, 1.82) is 0 Å². The van der Waals surface area contributed by atoms with Gasteiger partial charge in [-0.05, 0) is 18.4 Å². The second kappa shape index (κ2) is 7.95. The Labute approximate surface area is 116 Å². The number of carbonyl (C=O) groups is 1. The number of benzene rings is 1. The Hall–Kier alpha value is -1.35. The number of hydrogen-bond acceptors (Lipinski definition) is 2. The van der Waals surface area contributed by atoms with Crippen LogP contribution in [0.25, 0.3) is 0 Å². The number of carboxylic acids is 1. The smallest absolute Gasteiger partial charge is 0.312 e. The zero-order valence-corrected chi connectivity index (χ0v) is 12.1. The molecule has 106 valence electrons. The van der Waals surface area contributed by atoms with Gasteiger partial charge in [-0.15, -0.1) is 0 Å². The summed E-state index contributed by atoms with van der Waals surface area (Å²) in [5.41, 5.74) is 0.860. The van der Waals surface area contributed by atoms with Crippen molar-refractivity contribution in [3.05, 3.63) is 35.9 Å². The number of nitrogens with one attached hydrogen (secondary N) is 1. The topological polar surface area (TPSA) is 49.3 Å². The second-order valence-corrected chi connectivity index (χ2v) is 5.08. The predicted octanol–water partition coefficient (Wildman–Crippen LogP) is 3.27. The summed E-state index contributed by atoms with van der Waals surface area (Å²) in [5.74, 6) is -0.640. The van der Waals surface area contributed by atoms with Gasteiger partial charge < -0.3 is 10.4 Å². The van der Waals surface area contributed by atoms with Crippen LogP contribution in [0.15, 0.2) is 30.3 Å². The molecule has 0 radical (unpaired) electrons. The van der Waals surface area contributed by atoms with Gasteiger partial charge in [0.05, 0.1) is 5.92 Å². The van der Waals surface area contributed by atoms with E-state index in [1.54, 1.807) is 0 Å². The maximum absolute atomic E-state index is 11.4. The van der Waals surface area contributed by atoms with Gasteiger partial charge in [0.15, 0.2) is 0 Å². The summed E-state index contributed by atoms with van der Waals surface area (Å²) in [7, 11) is 0. The van der Waals surface area contributed by atoms with E-state index in [0.717, 1.165) is 18.4 Å². The van der Waals surface area contributed by atoms with E-state index in [1.807, 2.05) is 30.3 Å². The molecule has 0 aromatic heterocycles. The van der Waals surface area contributed by atoms with E-state index in [1.165, 1.54) is 0 Å². The summed E-state index contributed by atoms with van der Waals surface area (Å²) in [5, 5.41) is 12.7. The van der Waals surface area contributed by atoms with E-state index in [4.69, 9.17) is 0 Å². The third kappa shape index (κ3) is 4.67. The van der Waals surface area contributed by atoms with Crippen molar-refractivity contribution in [1.82, 2.24) is 5.32 Å². The molecule has 0 aliphatic rings. The van der Waals surface area contributed by atoms with Crippen LogP contribution < -0.4 is 5.32 Å². The minimum Gasteiger partial charge on any atom is -0.481 e. The first kappa shape index (κ1) is 15.7. The number of aliphatic carboxylic acids is 1. The molecule has 2 N–H and O–H groups in total. The van der Waals surface area contributed by atoms with Crippen molar-refractivity contribution >= 4 is 5.97 Å². The van der Waals surface area contributed by atoms with Crippen LogP contribution in [0.2, 0.25) is 0 Å². The molecule has 2 unspecified atom stereocenters. The molecule has 0 spiro atoms. The zero-order chi connectivity index (χ0) is 14.3. The summed E-state index contributed by atoms with van der Waals surface area (Å²) in [6.07, 6.45) is 2.24. The van der Waals surface area contributed by atoms with E-state index >= 15 is 0 Å². The lowest BCUT2D eigenvalue weighted by molar-refractivity contribution is -0.138. The summed E-state index contributed by atoms with van der Waals surface area (Å²) >= 11 is 0. The van der Waals surface area contributed by atoms with Crippen molar-refractivity contribution in [2.75, 3.05) is 6.54 Å². The van der Waals surface area contributed by atoms with Crippen LogP contribution in [0.4, 0.5) is 0 Å². The molecule has 0 heterocycles. The standard InChI is InChI=1S/C16H25NO2/c1-4-13(5-2)12(3)17-11-15(16(18)19)14-9-7-6-8-10-14/h6-10,12-13,15,17H,4-5,11H2,1-3H3,(H,18,19). The number of rotatable bonds is 8. The van der Waals surface area contributed by atoms with Crippen molar-refractivity contribution in [3.8, 4) is 0 Å². The predicted molar refractivity (Wildman–Crippen MR) is 78.4 cm³/mol. The first-order valence-electron chi connectivity index (χ1n) is 7.11. The molecule has 0 bridgehead atoms. The Morgan fingerprint density at radius 3 is 2.26 bits per heavy atom. The molecule has 1 aromatic carbocycles. The summed E-state index contributed by atoms with van der Waals surface area (Å²) in [6.45, 7) is 6.98. The molecule has 1 rings (SSSR count). The molecular weight excluding hydrogens is 238 g/mol. The lowest BCUT2D eigenvalue weighted by Crippen LogP contribution is -2.37. The average Bonchev–Trinajstić information content (AvgIpc) is 2.41. The zero-order valence-electron chi connectivity index (χ0n) is 12.1. The Kier molecular flexibility index (Phi) is 6.57. The molecule has 3 heteroatoms. The van der Waals surface area contributed by atoms with Gasteiger partial charge in [0.25, 0.3) is 0 Å². The van der Waals surface area contributed by atoms with Crippen molar-refractivity contribution < 1.29 is 9.90 Å². The molecule has 1 aromatic rings. The van der Waals surface area contributed by atoms with Crippen LogP contribution in [0.1, 0.15) is 45.1 Å². The van der Waals surface area contributed by atoms with Crippen molar-refractivity contribution in [2.24, 2.45) is 5.92 Å². The van der Waals surface area contributed by atoms with E-state index in [-0.39, 0.29) is 0 Å². The monoisotopic (exact) mass is 263 g/mol. The maximum Gasteiger partial charge on any atom is 0.312 e. The maximum atomic E-state index is 11.4. The fraction of sp³-hybridized carbons (Fsp3) is 0.562. The average molecular weight is 263 g/mol. The van der Waals surface area contributed by atoms with Gasteiger partial charge >= 0.3 is 5.97 Å². The van der Waals surface area contributed by atoms with Crippen LogP contribution in [0, 0.1) is 5.92 Å². The van der Waals surface area contributed by atoms with Crippen LogP contribution >= 0.6 is 0 Å². The fourth-order valence-corrected chi connectivity index (χ4v) is 2.50. The minimum absolute atomic E-state index is 0.348. The molecule has 0 aliphatic carbocycles. The highest BCUT2D eigenvalue weighted by Gasteiger charge is 2.21. The minimum atomic E-state index is -0.768. The molecule has 0 aliphatic heterocycles.